The van der Waals surface area contributed by atoms with Crippen molar-refractivity contribution in [1.82, 2.24) is 4.98 Å². The lowest BCUT2D eigenvalue weighted by Crippen LogP contribution is -2.33. The van der Waals surface area contributed by atoms with Gasteiger partial charge >= 0.3 is 0 Å². The van der Waals surface area contributed by atoms with E-state index in [4.69, 9.17) is 16.0 Å². The lowest BCUT2D eigenvalue weighted by Gasteiger charge is -2.30. The topological polar surface area (TPSA) is 63.4 Å². The molecule has 4 rings (SSSR count). The maximum atomic E-state index is 13.4. The Bertz CT molecular complexity index is 1100. The number of aromatic nitrogens is 1. The van der Waals surface area contributed by atoms with Crippen LogP contribution in [0.4, 0.5) is 5.88 Å². The van der Waals surface area contributed by atoms with E-state index < -0.39 is 9.84 Å². The highest BCUT2D eigenvalue weighted by Gasteiger charge is 2.32. The molecule has 0 amide bonds. The van der Waals surface area contributed by atoms with Crippen LogP contribution in [0.15, 0.2) is 62.9 Å². The average Bonchev–Trinajstić information content (AvgIpc) is 3.16. The van der Waals surface area contributed by atoms with Gasteiger partial charge in [0.1, 0.15) is 0 Å². The molecule has 1 aromatic heterocycles. The van der Waals surface area contributed by atoms with Gasteiger partial charge in [-0.1, -0.05) is 36.2 Å². The number of oxazole rings is 1. The van der Waals surface area contributed by atoms with Crippen LogP contribution in [-0.2, 0) is 9.84 Å². The molecule has 0 spiro atoms. The highest BCUT2D eigenvalue weighted by atomic mass is 35.5. The highest BCUT2D eigenvalue weighted by molar-refractivity contribution is 7.91. The van der Waals surface area contributed by atoms with Crippen LogP contribution in [0.2, 0.25) is 5.02 Å². The van der Waals surface area contributed by atoms with Crippen molar-refractivity contribution in [3.05, 3.63) is 59.1 Å². The van der Waals surface area contributed by atoms with E-state index in [1.165, 1.54) is 0 Å². The second-order valence-electron chi connectivity index (χ2n) is 7.62. The van der Waals surface area contributed by atoms with E-state index in [0.717, 1.165) is 31.5 Å². The Labute approximate surface area is 176 Å². The number of hydrogen-bond donors (Lipinski definition) is 0. The fourth-order valence-corrected chi connectivity index (χ4v) is 4.88. The van der Waals surface area contributed by atoms with Gasteiger partial charge in [-0.3, -0.25) is 0 Å². The van der Waals surface area contributed by atoms with Crippen LogP contribution in [0, 0.1) is 12.8 Å². The number of aryl methyl sites for hydroxylation is 1. The molecule has 1 aliphatic rings. The third-order valence-corrected chi connectivity index (χ3v) is 7.25. The Hall–Kier alpha value is -2.31. The quantitative estimate of drug-likeness (QED) is 0.556. The second kappa shape index (κ2) is 7.84. The van der Waals surface area contributed by atoms with Gasteiger partial charge in [0.2, 0.25) is 26.6 Å². The van der Waals surface area contributed by atoms with Crippen LogP contribution in [-0.4, -0.2) is 26.5 Å². The number of hydrogen-bond acceptors (Lipinski definition) is 5. The normalized spacial score (nSPS) is 15.6. The summed E-state index contributed by atoms with van der Waals surface area (Å²) < 4.78 is 32.8. The van der Waals surface area contributed by atoms with Gasteiger partial charge in [0.25, 0.3) is 0 Å². The van der Waals surface area contributed by atoms with Crippen LogP contribution in [0.5, 0.6) is 0 Å². The largest absolute Gasteiger partial charge is 0.419 e. The molecule has 0 unspecified atom stereocenters. The maximum Gasteiger partial charge on any atom is 0.236 e. The van der Waals surface area contributed by atoms with Crippen LogP contribution in [0.3, 0.4) is 0 Å². The van der Waals surface area contributed by atoms with Crippen molar-refractivity contribution < 1.29 is 12.8 Å². The number of halogens is 1. The summed E-state index contributed by atoms with van der Waals surface area (Å²) in [7, 11) is -3.82. The van der Waals surface area contributed by atoms with E-state index in [1.807, 2.05) is 11.8 Å². The van der Waals surface area contributed by atoms with Crippen molar-refractivity contribution in [3.63, 3.8) is 0 Å². The minimum atomic E-state index is -3.82. The third kappa shape index (κ3) is 4.05. The van der Waals surface area contributed by atoms with Crippen LogP contribution in [0.1, 0.15) is 25.3 Å². The number of sulfone groups is 1. The Balaban J connectivity index is 1.82. The zero-order valence-corrected chi connectivity index (χ0v) is 18.0. The summed E-state index contributed by atoms with van der Waals surface area (Å²) in [4.78, 5) is 6.64. The van der Waals surface area contributed by atoms with Crippen molar-refractivity contribution in [2.45, 2.75) is 36.6 Å². The summed E-state index contributed by atoms with van der Waals surface area (Å²) in [6, 6.07) is 13.8. The molecule has 152 valence electrons. The first kappa shape index (κ1) is 20.0. The first-order valence-corrected chi connectivity index (χ1v) is 11.5. The van der Waals surface area contributed by atoms with Crippen molar-refractivity contribution in [3.8, 4) is 11.5 Å². The Morgan fingerprint density at radius 1 is 1.03 bits per heavy atom. The average molecular weight is 431 g/mol. The van der Waals surface area contributed by atoms with Crippen molar-refractivity contribution in [2.75, 3.05) is 18.0 Å². The number of nitrogens with zero attached hydrogens (tertiary/aromatic N) is 2. The number of rotatable bonds is 4. The molecule has 0 saturated carbocycles. The fourth-order valence-electron chi connectivity index (χ4n) is 3.43. The Morgan fingerprint density at radius 3 is 2.28 bits per heavy atom. The number of benzene rings is 2. The highest BCUT2D eigenvalue weighted by Crippen LogP contribution is 2.36. The van der Waals surface area contributed by atoms with Gasteiger partial charge in [-0.25, -0.2) is 8.42 Å². The van der Waals surface area contributed by atoms with Crippen LogP contribution < -0.4 is 4.90 Å². The summed E-state index contributed by atoms with van der Waals surface area (Å²) in [5.74, 6) is 1.21. The Kier molecular flexibility index (Phi) is 5.40. The van der Waals surface area contributed by atoms with E-state index in [0.29, 0.717) is 22.4 Å². The predicted octanol–water partition coefficient (Wildman–Crippen LogP) is 5.37. The molecule has 0 bridgehead atoms. The van der Waals surface area contributed by atoms with Gasteiger partial charge in [-0.2, -0.15) is 4.98 Å². The zero-order valence-electron chi connectivity index (χ0n) is 16.4. The molecule has 5 nitrogen and oxygen atoms in total. The van der Waals surface area contributed by atoms with Gasteiger partial charge in [0.15, 0.2) is 0 Å². The van der Waals surface area contributed by atoms with Gasteiger partial charge in [-0.05, 0) is 62.1 Å². The molecule has 0 atom stereocenters. The number of piperidine rings is 1. The molecule has 0 N–H and O–H groups in total. The van der Waals surface area contributed by atoms with E-state index >= 15 is 0 Å². The molecular formula is C22H23ClN2O3S. The first-order valence-electron chi connectivity index (χ1n) is 9.68. The van der Waals surface area contributed by atoms with Crippen LogP contribution >= 0.6 is 11.6 Å². The summed E-state index contributed by atoms with van der Waals surface area (Å²) in [6.07, 6.45) is 1.97. The lowest BCUT2D eigenvalue weighted by atomic mass is 9.99. The molecule has 3 aromatic rings. The molecule has 1 fully saturated rings. The monoisotopic (exact) mass is 430 g/mol. The molecule has 1 aliphatic heterocycles. The first-order chi connectivity index (χ1) is 13.8. The molecule has 2 aromatic carbocycles. The van der Waals surface area contributed by atoms with E-state index in [-0.39, 0.29) is 15.8 Å². The molecule has 1 saturated heterocycles. The molecule has 2 heterocycles. The van der Waals surface area contributed by atoms with Crippen molar-refractivity contribution >= 4 is 27.3 Å². The molecule has 0 aliphatic carbocycles. The van der Waals surface area contributed by atoms with Crippen molar-refractivity contribution in [2.24, 2.45) is 5.92 Å². The minimum Gasteiger partial charge on any atom is -0.419 e. The van der Waals surface area contributed by atoms with E-state index in [2.05, 4.69) is 11.9 Å². The van der Waals surface area contributed by atoms with E-state index in [1.54, 1.807) is 48.5 Å². The molecular weight excluding hydrogens is 408 g/mol. The smallest absolute Gasteiger partial charge is 0.236 e. The SMILES string of the molecule is Cc1ccc(S(=O)(=O)c2nc(-c3ccc(Cl)cc3)oc2N2CCC(C)CC2)cc1. The summed E-state index contributed by atoms with van der Waals surface area (Å²) in [5, 5.41) is 0.568. The molecule has 7 heteroatoms. The van der Waals surface area contributed by atoms with Gasteiger partial charge in [0.05, 0.1) is 4.90 Å². The standard InChI is InChI=1S/C22H23ClN2O3S/c1-15-3-9-19(10-4-15)29(26,27)21-22(25-13-11-16(2)12-14-25)28-20(24-21)17-5-7-18(23)8-6-17/h3-10,16H,11-14H2,1-2H3. The summed E-state index contributed by atoms with van der Waals surface area (Å²) >= 11 is 5.98. The van der Waals surface area contributed by atoms with Crippen LogP contribution in [0.25, 0.3) is 11.5 Å². The second-order valence-corrected chi connectivity index (χ2v) is 9.92. The van der Waals surface area contributed by atoms with E-state index in [9.17, 15) is 8.42 Å². The minimum absolute atomic E-state index is 0.0270. The van der Waals surface area contributed by atoms with Gasteiger partial charge < -0.3 is 9.32 Å². The maximum absolute atomic E-state index is 13.4. The third-order valence-electron chi connectivity index (χ3n) is 5.33. The predicted molar refractivity (Wildman–Crippen MR) is 114 cm³/mol. The van der Waals surface area contributed by atoms with Crippen molar-refractivity contribution in [1.29, 1.82) is 0 Å². The summed E-state index contributed by atoms with van der Waals surface area (Å²) in [5.41, 5.74) is 1.68. The fraction of sp³-hybridized carbons (Fsp3) is 0.318. The Morgan fingerprint density at radius 2 is 1.66 bits per heavy atom. The van der Waals surface area contributed by atoms with Gasteiger partial charge in [0, 0.05) is 23.7 Å². The van der Waals surface area contributed by atoms with Gasteiger partial charge in [-0.15, -0.1) is 0 Å². The zero-order chi connectivity index (χ0) is 20.6. The molecule has 0 radical (unpaired) electrons. The number of anilines is 1. The summed E-state index contributed by atoms with van der Waals surface area (Å²) in [6.45, 7) is 5.62. The lowest BCUT2D eigenvalue weighted by molar-refractivity contribution is 0.416. The molecule has 29 heavy (non-hydrogen) atoms.